The van der Waals surface area contributed by atoms with E-state index in [-0.39, 0.29) is 12.2 Å². The maximum absolute atomic E-state index is 13.6. The normalized spacial score (nSPS) is 22.4. The van der Waals surface area contributed by atoms with Crippen LogP contribution in [0.5, 0.6) is 5.75 Å². The van der Waals surface area contributed by atoms with Crippen LogP contribution in [0.15, 0.2) is 18.2 Å². The number of nitrogens with one attached hydrogen (secondary N) is 1. The lowest BCUT2D eigenvalue weighted by Gasteiger charge is -2.26. The van der Waals surface area contributed by atoms with Gasteiger partial charge in [-0.1, -0.05) is 25.0 Å². The van der Waals surface area contributed by atoms with Crippen molar-refractivity contribution in [2.75, 3.05) is 0 Å². The van der Waals surface area contributed by atoms with Gasteiger partial charge in [-0.15, -0.1) is 0 Å². The van der Waals surface area contributed by atoms with Crippen molar-refractivity contribution >= 4 is 11.9 Å². The number of hydrogen-bond acceptors (Lipinski definition) is 3. The summed E-state index contributed by atoms with van der Waals surface area (Å²) in [6.45, 7) is 0. The lowest BCUT2D eigenvalue weighted by molar-refractivity contribution is -0.148. The number of rotatable bonds is 3. The fourth-order valence-corrected chi connectivity index (χ4v) is 3.06. The number of para-hydroxylation sites is 1. The van der Waals surface area contributed by atoms with Crippen molar-refractivity contribution in [3.8, 4) is 5.75 Å². The number of aliphatic carboxylic acids is 1. The molecule has 0 aromatic heterocycles. The van der Waals surface area contributed by atoms with Crippen LogP contribution in [0.4, 0.5) is 4.39 Å². The number of carboxylic acids is 1. The standard InChI is InChI=1S/C15H16FNO4/c16-10-5-3-4-9-8-11(21-12(9)10)13(18)17-15(14(19)20)6-1-2-7-15/h3-5,11H,1-2,6-8H2,(H,17,18)(H,19,20)/t11-/m0/s1. The number of halogens is 1. The monoisotopic (exact) mass is 293 g/mol. The fraction of sp³-hybridized carbons (Fsp3) is 0.467. The van der Waals surface area contributed by atoms with Crippen LogP contribution in [0.2, 0.25) is 0 Å². The maximum atomic E-state index is 13.6. The van der Waals surface area contributed by atoms with Crippen LogP contribution >= 0.6 is 0 Å². The topological polar surface area (TPSA) is 75.6 Å². The van der Waals surface area contributed by atoms with Crippen molar-refractivity contribution in [1.82, 2.24) is 5.32 Å². The zero-order valence-electron chi connectivity index (χ0n) is 11.4. The molecule has 3 rings (SSSR count). The number of hydrogen-bond donors (Lipinski definition) is 2. The second kappa shape index (κ2) is 5.02. The van der Waals surface area contributed by atoms with Crippen LogP contribution in [-0.4, -0.2) is 28.6 Å². The highest BCUT2D eigenvalue weighted by Crippen LogP contribution is 2.33. The molecule has 0 spiro atoms. The number of carbonyl (C=O) groups is 2. The van der Waals surface area contributed by atoms with Crippen LogP contribution in [-0.2, 0) is 16.0 Å². The average molecular weight is 293 g/mol. The van der Waals surface area contributed by atoms with Gasteiger partial charge in [0.2, 0.25) is 0 Å². The largest absolute Gasteiger partial charge is 0.480 e. The van der Waals surface area contributed by atoms with Crippen molar-refractivity contribution < 1.29 is 23.8 Å². The molecule has 0 bridgehead atoms. The molecule has 1 aromatic carbocycles. The van der Waals surface area contributed by atoms with E-state index in [1.54, 1.807) is 12.1 Å². The van der Waals surface area contributed by atoms with Gasteiger partial charge in [0.05, 0.1) is 0 Å². The zero-order valence-corrected chi connectivity index (χ0v) is 11.4. The van der Waals surface area contributed by atoms with Crippen molar-refractivity contribution in [3.63, 3.8) is 0 Å². The Kier molecular flexibility index (Phi) is 3.31. The van der Waals surface area contributed by atoms with E-state index in [9.17, 15) is 19.1 Å². The van der Waals surface area contributed by atoms with Gasteiger partial charge in [0.15, 0.2) is 17.7 Å². The van der Waals surface area contributed by atoms with E-state index in [4.69, 9.17) is 4.74 Å². The van der Waals surface area contributed by atoms with Gasteiger partial charge < -0.3 is 15.2 Å². The highest BCUT2D eigenvalue weighted by Gasteiger charge is 2.44. The van der Waals surface area contributed by atoms with Gasteiger partial charge in [-0.05, 0) is 18.9 Å². The first-order chi connectivity index (χ1) is 10.0. The highest BCUT2D eigenvalue weighted by atomic mass is 19.1. The number of carboxylic acid groups (broad SMARTS) is 1. The van der Waals surface area contributed by atoms with Crippen molar-refractivity contribution in [2.24, 2.45) is 0 Å². The van der Waals surface area contributed by atoms with Crippen molar-refractivity contribution in [3.05, 3.63) is 29.6 Å². The van der Waals surface area contributed by atoms with Crippen LogP contribution in [0, 0.1) is 5.82 Å². The molecular weight excluding hydrogens is 277 g/mol. The Morgan fingerprint density at radius 1 is 1.33 bits per heavy atom. The summed E-state index contributed by atoms with van der Waals surface area (Å²) in [5, 5.41) is 12.0. The third-order valence-corrected chi connectivity index (χ3v) is 4.24. The van der Waals surface area contributed by atoms with Gasteiger partial charge in [0.25, 0.3) is 5.91 Å². The van der Waals surface area contributed by atoms with E-state index < -0.39 is 29.3 Å². The van der Waals surface area contributed by atoms with Gasteiger partial charge in [-0.3, -0.25) is 4.79 Å². The third kappa shape index (κ3) is 2.34. The molecule has 0 unspecified atom stereocenters. The zero-order chi connectivity index (χ0) is 15.0. The molecule has 1 aliphatic carbocycles. The molecule has 2 aliphatic rings. The SMILES string of the molecule is O=C(NC1(C(=O)O)CCCC1)[C@@H]1Cc2cccc(F)c2O1. The van der Waals surface area contributed by atoms with Gasteiger partial charge in [0, 0.05) is 12.0 Å². The Labute approximate surface area is 121 Å². The molecule has 6 heteroatoms. The van der Waals surface area contributed by atoms with Gasteiger partial charge in [0.1, 0.15) is 5.54 Å². The first-order valence-electron chi connectivity index (χ1n) is 7.01. The molecular formula is C15H16FNO4. The first kappa shape index (κ1) is 13.9. The van der Waals surface area contributed by atoms with Crippen molar-refractivity contribution in [1.29, 1.82) is 0 Å². The molecule has 1 aliphatic heterocycles. The molecule has 1 amide bonds. The van der Waals surface area contributed by atoms with E-state index in [1.807, 2.05) is 0 Å². The Bertz CT molecular complexity index is 595. The average Bonchev–Trinajstić information content (AvgIpc) is 3.06. The molecule has 1 atom stereocenters. The summed E-state index contributed by atoms with van der Waals surface area (Å²) in [7, 11) is 0. The molecule has 1 saturated carbocycles. The molecule has 1 aromatic rings. The lowest BCUT2D eigenvalue weighted by atomic mass is 9.97. The number of fused-ring (bicyclic) bond motifs is 1. The van der Waals surface area contributed by atoms with Crippen LogP contribution in [0.25, 0.3) is 0 Å². The van der Waals surface area contributed by atoms with Crippen LogP contribution < -0.4 is 10.1 Å². The Morgan fingerprint density at radius 2 is 2.05 bits per heavy atom. The second-order valence-corrected chi connectivity index (χ2v) is 5.62. The summed E-state index contributed by atoms with van der Waals surface area (Å²) in [4.78, 5) is 23.7. The van der Waals surface area contributed by atoms with E-state index in [1.165, 1.54) is 6.07 Å². The molecule has 0 radical (unpaired) electrons. The minimum Gasteiger partial charge on any atom is -0.480 e. The third-order valence-electron chi connectivity index (χ3n) is 4.24. The van der Waals surface area contributed by atoms with E-state index >= 15 is 0 Å². The van der Waals surface area contributed by atoms with Gasteiger partial charge in [-0.25, -0.2) is 9.18 Å². The highest BCUT2D eigenvalue weighted by molar-refractivity contribution is 5.90. The minimum atomic E-state index is -1.20. The molecule has 0 saturated heterocycles. The first-order valence-corrected chi connectivity index (χ1v) is 7.01. The molecule has 5 nitrogen and oxygen atoms in total. The molecule has 2 N–H and O–H groups in total. The number of ether oxygens (including phenoxy) is 1. The van der Waals surface area contributed by atoms with Crippen LogP contribution in [0.1, 0.15) is 31.2 Å². The second-order valence-electron chi connectivity index (χ2n) is 5.62. The smallest absolute Gasteiger partial charge is 0.329 e. The van der Waals surface area contributed by atoms with Gasteiger partial charge in [-0.2, -0.15) is 0 Å². The summed E-state index contributed by atoms with van der Waals surface area (Å²) in [5.41, 5.74) is -0.570. The minimum absolute atomic E-state index is 0.0912. The van der Waals surface area contributed by atoms with E-state index in [0.29, 0.717) is 18.4 Å². The number of amides is 1. The van der Waals surface area contributed by atoms with Crippen LogP contribution in [0.3, 0.4) is 0 Å². The Balaban J connectivity index is 1.73. The molecule has 1 heterocycles. The summed E-state index contributed by atoms with van der Waals surface area (Å²) >= 11 is 0. The predicted molar refractivity (Wildman–Crippen MR) is 71.5 cm³/mol. The van der Waals surface area contributed by atoms with Gasteiger partial charge >= 0.3 is 5.97 Å². The lowest BCUT2D eigenvalue weighted by Crippen LogP contribution is -2.55. The molecule has 1 fully saturated rings. The molecule has 112 valence electrons. The van der Waals surface area contributed by atoms with E-state index in [2.05, 4.69) is 5.32 Å². The Hall–Kier alpha value is -2.11. The number of carbonyl (C=O) groups excluding carboxylic acids is 1. The summed E-state index contributed by atoms with van der Waals surface area (Å²) in [5.74, 6) is -1.92. The summed E-state index contributed by atoms with van der Waals surface area (Å²) in [6, 6.07) is 4.54. The fourth-order valence-electron chi connectivity index (χ4n) is 3.06. The van der Waals surface area contributed by atoms with Crippen molar-refractivity contribution in [2.45, 2.75) is 43.7 Å². The Morgan fingerprint density at radius 3 is 2.67 bits per heavy atom. The quantitative estimate of drug-likeness (QED) is 0.888. The number of benzene rings is 1. The predicted octanol–water partition coefficient (Wildman–Crippen LogP) is 1.64. The maximum Gasteiger partial charge on any atom is 0.329 e. The summed E-state index contributed by atoms with van der Waals surface area (Å²) < 4.78 is 18.9. The summed E-state index contributed by atoms with van der Waals surface area (Å²) in [6.07, 6.45) is 1.77. The van der Waals surface area contributed by atoms with E-state index in [0.717, 1.165) is 12.8 Å². The molecule has 21 heavy (non-hydrogen) atoms.